The van der Waals surface area contributed by atoms with Gasteiger partial charge in [0.2, 0.25) is 0 Å². The first kappa shape index (κ1) is 14.1. The number of fused-ring (bicyclic) bond motifs is 1. The normalized spacial score (nSPS) is 29.4. The van der Waals surface area contributed by atoms with Gasteiger partial charge in [-0.25, -0.2) is 0 Å². The van der Waals surface area contributed by atoms with Crippen molar-refractivity contribution in [1.82, 2.24) is 9.80 Å². The molecule has 2 unspecified atom stereocenters. The number of nitrogens with zero attached hydrogens (tertiary/aromatic N) is 2. The van der Waals surface area contributed by atoms with Crippen LogP contribution in [0.5, 0.6) is 0 Å². The smallest absolute Gasteiger partial charge is 0.0701 e. The van der Waals surface area contributed by atoms with Crippen LogP contribution in [0.2, 0.25) is 0 Å². The predicted molar refractivity (Wildman–Crippen MR) is 86.0 cm³/mol. The molecule has 106 valence electrons. The molecule has 3 heterocycles. The van der Waals surface area contributed by atoms with Gasteiger partial charge in [0, 0.05) is 36.6 Å². The molecule has 1 aromatic heterocycles. The zero-order valence-electron chi connectivity index (χ0n) is 11.6. The van der Waals surface area contributed by atoms with E-state index in [-0.39, 0.29) is 0 Å². The molecule has 2 atom stereocenters. The van der Waals surface area contributed by atoms with Gasteiger partial charge in [-0.05, 0) is 60.8 Å². The molecule has 0 spiro atoms. The Hall–Kier alpha value is 0.1000. The van der Waals surface area contributed by atoms with Gasteiger partial charge in [-0.3, -0.25) is 9.80 Å². The van der Waals surface area contributed by atoms with Crippen LogP contribution in [0.1, 0.15) is 31.1 Å². The molecule has 0 bridgehead atoms. The molecule has 0 saturated carbocycles. The highest BCUT2D eigenvalue weighted by Crippen LogP contribution is 2.26. The highest BCUT2D eigenvalue weighted by molar-refractivity contribution is 9.11. The second-order valence-electron chi connectivity index (χ2n) is 5.94. The molecule has 2 nitrogen and oxygen atoms in total. The van der Waals surface area contributed by atoms with Crippen molar-refractivity contribution in [2.75, 3.05) is 26.2 Å². The third kappa shape index (κ3) is 3.41. The summed E-state index contributed by atoms with van der Waals surface area (Å²) in [6.07, 6.45) is 5.45. The zero-order chi connectivity index (χ0) is 13.2. The van der Waals surface area contributed by atoms with Crippen LogP contribution in [0.25, 0.3) is 0 Å². The Bertz CT molecular complexity index is 420. The molecule has 0 radical (unpaired) electrons. The summed E-state index contributed by atoms with van der Waals surface area (Å²) in [5.74, 6) is 0. The van der Waals surface area contributed by atoms with Crippen LogP contribution in [0, 0.1) is 0 Å². The van der Waals surface area contributed by atoms with Crippen LogP contribution < -0.4 is 0 Å². The summed E-state index contributed by atoms with van der Waals surface area (Å²) in [5, 5.41) is 0. The molecule has 3 rings (SSSR count). The molecule has 0 amide bonds. The summed E-state index contributed by atoms with van der Waals surface area (Å²) in [6, 6.07) is 5.98. The van der Waals surface area contributed by atoms with Crippen LogP contribution in [0.3, 0.4) is 0 Å². The fraction of sp³-hybridized carbons (Fsp3) is 0.733. The number of piperidine rings is 1. The van der Waals surface area contributed by atoms with Gasteiger partial charge in [-0.15, -0.1) is 11.3 Å². The quantitative estimate of drug-likeness (QED) is 0.827. The number of halogens is 1. The van der Waals surface area contributed by atoms with Gasteiger partial charge >= 0.3 is 0 Å². The van der Waals surface area contributed by atoms with E-state index in [4.69, 9.17) is 0 Å². The molecule has 1 aromatic rings. The Morgan fingerprint density at radius 1 is 1.32 bits per heavy atom. The molecule has 0 N–H and O–H groups in total. The van der Waals surface area contributed by atoms with E-state index in [1.807, 2.05) is 11.3 Å². The molecule has 0 aliphatic carbocycles. The molecule has 2 fully saturated rings. The highest BCUT2D eigenvalue weighted by atomic mass is 79.9. The van der Waals surface area contributed by atoms with Gasteiger partial charge in [-0.1, -0.05) is 6.42 Å². The molecule has 19 heavy (non-hydrogen) atoms. The van der Waals surface area contributed by atoms with Crippen molar-refractivity contribution in [2.45, 2.75) is 44.7 Å². The van der Waals surface area contributed by atoms with E-state index < -0.39 is 0 Å². The van der Waals surface area contributed by atoms with Gasteiger partial charge in [0.25, 0.3) is 0 Å². The minimum atomic E-state index is 0.720. The Kier molecular flexibility index (Phi) is 4.62. The number of thiophene rings is 1. The van der Waals surface area contributed by atoms with Crippen LogP contribution in [-0.4, -0.2) is 48.1 Å². The van der Waals surface area contributed by atoms with E-state index in [9.17, 15) is 0 Å². The molecule has 2 saturated heterocycles. The summed E-state index contributed by atoms with van der Waals surface area (Å²) in [5.41, 5.74) is 0. The van der Waals surface area contributed by atoms with Crippen molar-refractivity contribution in [2.24, 2.45) is 0 Å². The summed E-state index contributed by atoms with van der Waals surface area (Å²) in [7, 11) is 0. The molecular weight excluding hydrogens is 320 g/mol. The van der Waals surface area contributed by atoms with Crippen molar-refractivity contribution in [3.63, 3.8) is 0 Å². The number of hydrogen-bond donors (Lipinski definition) is 0. The lowest BCUT2D eigenvalue weighted by atomic mass is 9.97. The zero-order valence-corrected chi connectivity index (χ0v) is 14.0. The number of piperazine rings is 1. The third-order valence-electron chi connectivity index (χ3n) is 4.59. The van der Waals surface area contributed by atoms with Crippen LogP contribution in [0.15, 0.2) is 15.9 Å². The van der Waals surface area contributed by atoms with E-state index in [1.165, 1.54) is 60.5 Å². The van der Waals surface area contributed by atoms with E-state index in [0.717, 1.165) is 12.1 Å². The second kappa shape index (κ2) is 6.25. The Balaban J connectivity index is 1.55. The lowest BCUT2D eigenvalue weighted by Crippen LogP contribution is -2.58. The maximum Gasteiger partial charge on any atom is 0.0701 e. The van der Waals surface area contributed by atoms with Crippen LogP contribution in [-0.2, 0) is 6.42 Å². The molecule has 4 heteroatoms. The average molecular weight is 343 g/mol. The van der Waals surface area contributed by atoms with Gasteiger partial charge in [0.15, 0.2) is 0 Å². The van der Waals surface area contributed by atoms with Crippen LogP contribution >= 0.6 is 27.3 Å². The standard InChI is InChI=1S/C15H23BrN2S/c1-12-10-18-8-3-2-4-13(18)11-17(12)9-7-14-5-6-15(16)19-14/h5-6,12-13H,2-4,7-11H2,1H3. The first-order valence-electron chi connectivity index (χ1n) is 7.44. The monoisotopic (exact) mass is 342 g/mol. The van der Waals surface area contributed by atoms with Crippen molar-refractivity contribution in [3.05, 3.63) is 20.8 Å². The largest absolute Gasteiger partial charge is 0.298 e. The summed E-state index contributed by atoms with van der Waals surface area (Å²) >= 11 is 5.43. The number of rotatable bonds is 3. The summed E-state index contributed by atoms with van der Waals surface area (Å²) < 4.78 is 1.26. The summed E-state index contributed by atoms with van der Waals surface area (Å²) in [4.78, 5) is 6.94. The Morgan fingerprint density at radius 3 is 3.00 bits per heavy atom. The number of hydrogen-bond acceptors (Lipinski definition) is 3. The van der Waals surface area contributed by atoms with Crippen LogP contribution in [0.4, 0.5) is 0 Å². The van der Waals surface area contributed by atoms with Gasteiger partial charge < -0.3 is 0 Å². The summed E-state index contributed by atoms with van der Waals surface area (Å²) in [6.45, 7) is 7.51. The Morgan fingerprint density at radius 2 is 2.21 bits per heavy atom. The highest BCUT2D eigenvalue weighted by Gasteiger charge is 2.32. The van der Waals surface area contributed by atoms with Crippen molar-refractivity contribution in [3.8, 4) is 0 Å². The fourth-order valence-corrected chi connectivity index (χ4v) is 4.94. The lowest BCUT2D eigenvalue weighted by molar-refractivity contribution is 0.0161. The molecule has 2 aliphatic rings. The second-order valence-corrected chi connectivity index (χ2v) is 8.49. The molecule has 0 aromatic carbocycles. The maximum absolute atomic E-state index is 3.55. The van der Waals surface area contributed by atoms with Crippen molar-refractivity contribution >= 4 is 27.3 Å². The van der Waals surface area contributed by atoms with Gasteiger partial charge in [0.05, 0.1) is 3.79 Å². The first-order chi connectivity index (χ1) is 9.22. The maximum atomic E-state index is 3.55. The fourth-order valence-electron chi connectivity index (χ4n) is 3.46. The minimum Gasteiger partial charge on any atom is -0.298 e. The average Bonchev–Trinajstić information content (AvgIpc) is 2.82. The van der Waals surface area contributed by atoms with E-state index in [0.29, 0.717) is 0 Å². The van der Waals surface area contributed by atoms with E-state index in [1.54, 1.807) is 0 Å². The predicted octanol–water partition coefficient (Wildman–Crippen LogP) is 3.61. The molecular formula is C15H23BrN2S. The van der Waals surface area contributed by atoms with Gasteiger partial charge in [0.1, 0.15) is 0 Å². The van der Waals surface area contributed by atoms with E-state index in [2.05, 4.69) is 44.8 Å². The van der Waals surface area contributed by atoms with Crippen molar-refractivity contribution < 1.29 is 0 Å². The van der Waals surface area contributed by atoms with Crippen molar-refractivity contribution in [1.29, 1.82) is 0 Å². The SMILES string of the molecule is CC1CN2CCCCC2CN1CCc1ccc(Br)s1. The lowest BCUT2D eigenvalue weighted by Gasteiger charge is -2.47. The minimum absolute atomic E-state index is 0.720. The Labute approximate surface area is 128 Å². The third-order valence-corrected chi connectivity index (χ3v) is 6.27. The first-order valence-corrected chi connectivity index (χ1v) is 9.05. The molecule has 2 aliphatic heterocycles. The van der Waals surface area contributed by atoms with Gasteiger partial charge in [-0.2, -0.15) is 0 Å². The van der Waals surface area contributed by atoms with E-state index >= 15 is 0 Å². The topological polar surface area (TPSA) is 6.48 Å².